The lowest BCUT2D eigenvalue weighted by Crippen LogP contribution is -2.26. The van der Waals surface area contributed by atoms with Gasteiger partial charge >= 0.3 is 0 Å². The van der Waals surface area contributed by atoms with Gasteiger partial charge in [-0.25, -0.2) is 4.39 Å². The molecular weight excluding hydrogens is 475 g/mol. The molecule has 6 nitrogen and oxygen atoms in total. The van der Waals surface area contributed by atoms with Crippen LogP contribution < -0.4 is 10.1 Å². The minimum absolute atomic E-state index is 0.0390. The molecule has 0 radical (unpaired) electrons. The van der Waals surface area contributed by atoms with Gasteiger partial charge in [-0.2, -0.15) is 0 Å². The SMILES string of the molecule is COc1ccccc1CCC(=O)NCCc1nnc(SCc2ccccc2C)n1-c1ccc(F)cc1. The van der Waals surface area contributed by atoms with Crippen molar-refractivity contribution < 1.29 is 13.9 Å². The molecule has 1 N–H and O–H groups in total. The van der Waals surface area contributed by atoms with E-state index in [4.69, 9.17) is 4.74 Å². The van der Waals surface area contributed by atoms with Crippen LogP contribution in [-0.4, -0.2) is 34.3 Å². The van der Waals surface area contributed by atoms with Gasteiger partial charge in [0.2, 0.25) is 5.91 Å². The Labute approximate surface area is 214 Å². The van der Waals surface area contributed by atoms with Crippen molar-refractivity contribution in [3.8, 4) is 11.4 Å². The summed E-state index contributed by atoms with van der Waals surface area (Å²) in [7, 11) is 1.63. The lowest BCUT2D eigenvalue weighted by atomic mass is 10.1. The second kappa shape index (κ2) is 12.4. The smallest absolute Gasteiger partial charge is 0.220 e. The van der Waals surface area contributed by atoms with Gasteiger partial charge in [-0.05, 0) is 60.4 Å². The Bertz CT molecular complexity index is 1310. The summed E-state index contributed by atoms with van der Waals surface area (Å²) in [6, 6.07) is 22.2. The molecule has 0 aliphatic carbocycles. The molecule has 0 bridgehead atoms. The summed E-state index contributed by atoms with van der Waals surface area (Å²) in [6.07, 6.45) is 1.46. The number of aromatic nitrogens is 3. The van der Waals surface area contributed by atoms with E-state index in [0.717, 1.165) is 27.9 Å². The lowest BCUT2D eigenvalue weighted by molar-refractivity contribution is -0.121. The molecule has 4 rings (SSSR count). The quantitative estimate of drug-likeness (QED) is 0.281. The number of halogens is 1. The van der Waals surface area contributed by atoms with E-state index in [1.54, 1.807) is 31.0 Å². The maximum absolute atomic E-state index is 13.6. The summed E-state index contributed by atoms with van der Waals surface area (Å²) in [5.74, 6) is 1.89. The molecule has 0 unspecified atom stereocenters. The molecule has 0 atom stereocenters. The Hall–Kier alpha value is -3.65. The number of hydrogen-bond donors (Lipinski definition) is 1. The number of amides is 1. The average molecular weight is 505 g/mol. The number of methoxy groups -OCH3 is 1. The van der Waals surface area contributed by atoms with Crippen molar-refractivity contribution in [3.05, 3.63) is 101 Å². The first-order valence-corrected chi connectivity index (χ1v) is 12.8. The molecule has 3 aromatic carbocycles. The molecule has 8 heteroatoms. The number of carbonyl (C=O) groups is 1. The van der Waals surface area contributed by atoms with Crippen molar-refractivity contribution >= 4 is 17.7 Å². The zero-order valence-electron chi connectivity index (χ0n) is 20.4. The van der Waals surface area contributed by atoms with Crippen LogP contribution in [0.25, 0.3) is 5.69 Å². The Morgan fingerprint density at radius 2 is 1.69 bits per heavy atom. The number of para-hydroxylation sites is 1. The number of ether oxygens (including phenoxy) is 1. The molecule has 0 aliphatic rings. The highest BCUT2D eigenvalue weighted by Crippen LogP contribution is 2.27. The standard InChI is InChI=1S/C28H29FN4O2S/c1-20-7-3-4-9-22(20)19-36-28-32-31-26(33(28)24-14-12-23(29)13-15-24)17-18-30-27(34)16-11-21-8-5-6-10-25(21)35-2/h3-10,12-15H,11,16-19H2,1-2H3,(H,30,34). The summed E-state index contributed by atoms with van der Waals surface area (Å²) in [5, 5.41) is 12.5. The number of aryl methyl sites for hydroxylation is 2. The van der Waals surface area contributed by atoms with Gasteiger partial charge in [0.1, 0.15) is 17.4 Å². The maximum Gasteiger partial charge on any atom is 0.220 e. The van der Waals surface area contributed by atoms with Gasteiger partial charge in [-0.3, -0.25) is 9.36 Å². The Morgan fingerprint density at radius 3 is 2.44 bits per heavy atom. The van der Waals surface area contributed by atoms with Crippen molar-refractivity contribution in [3.63, 3.8) is 0 Å². The third kappa shape index (κ3) is 6.51. The van der Waals surface area contributed by atoms with E-state index < -0.39 is 0 Å². The molecule has 0 spiro atoms. The van der Waals surface area contributed by atoms with E-state index in [2.05, 4.69) is 34.6 Å². The summed E-state index contributed by atoms with van der Waals surface area (Å²) >= 11 is 1.58. The van der Waals surface area contributed by atoms with Gasteiger partial charge in [0, 0.05) is 30.8 Å². The fourth-order valence-corrected chi connectivity index (χ4v) is 4.93. The van der Waals surface area contributed by atoms with Crippen LogP contribution in [0.4, 0.5) is 4.39 Å². The summed E-state index contributed by atoms with van der Waals surface area (Å²) in [6.45, 7) is 2.51. The van der Waals surface area contributed by atoms with Gasteiger partial charge in [-0.1, -0.05) is 54.2 Å². The molecular formula is C28H29FN4O2S. The van der Waals surface area contributed by atoms with Gasteiger partial charge in [-0.15, -0.1) is 10.2 Å². The van der Waals surface area contributed by atoms with Gasteiger partial charge in [0.15, 0.2) is 5.16 Å². The number of thioether (sulfide) groups is 1. The molecule has 0 saturated carbocycles. The van der Waals surface area contributed by atoms with E-state index in [-0.39, 0.29) is 11.7 Å². The van der Waals surface area contributed by atoms with Gasteiger partial charge in [0.25, 0.3) is 0 Å². The van der Waals surface area contributed by atoms with Gasteiger partial charge in [0.05, 0.1) is 7.11 Å². The molecule has 0 saturated heterocycles. The zero-order valence-corrected chi connectivity index (χ0v) is 21.2. The van der Waals surface area contributed by atoms with E-state index >= 15 is 0 Å². The van der Waals surface area contributed by atoms with E-state index in [9.17, 15) is 9.18 Å². The number of nitrogens with one attached hydrogen (secondary N) is 1. The fraction of sp³-hybridized carbons (Fsp3) is 0.250. The molecule has 0 fully saturated rings. The van der Waals surface area contributed by atoms with E-state index in [1.807, 2.05) is 41.0 Å². The predicted molar refractivity (Wildman–Crippen MR) is 140 cm³/mol. The van der Waals surface area contributed by atoms with Crippen LogP contribution in [0, 0.1) is 12.7 Å². The van der Waals surface area contributed by atoms with Crippen LogP contribution in [0.15, 0.2) is 78.0 Å². The minimum Gasteiger partial charge on any atom is -0.496 e. The molecule has 4 aromatic rings. The summed E-state index contributed by atoms with van der Waals surface area (Å²) < 4.78 is 20.9. The van der Waals surface area contributed by atoms with Gasteiger partial charge < -0.3 is 10.1 Å². The van der Waals surface area contributed by atoms with Crippen molar-refractivity contribution in [1.29, 1.82) is 0 Å². The first-order valence-electron chi connectivity index (χ1n) is 11.8. The molecule has 1 aromatic heterocycles. The minimum atomic E-state index is -0.301. The van der Waals surface area contributed by atoms with Crippen LogP contribution in [0.1, 0.15) is 28.9 Å². The summed E-state index contributed by atoms with van der Waals surface area (Å²) in [5.41, 5.74) is 4.22. The molecule has 186 valence electrons. The van der Waals surface area contributed by atoms with Crippen LogP contribution in [0.5, 0.6) is 5.75 Å². The normalized spacial score (nSPS) is 10.9. The van der Waals surface area contributed by atoms with Crippen molar-refractivity contribution in [1.82, 2.24) is 20.1 Å². The van der Waals surface area contributed by atoms with Crippen molar-refractivity contribution in [2.75, 3.05) is 13.7 Å². The fourth-order valence-electron chi connectivity index (χ4n) is 3.88. The number of nitrogens with zero attached hydrogens (tertiary/aromatic N) is 3. The molecule has 1 heterocycles. The monoisotopic (exact) mass is 504 g/mol. The third-order valence-electron chi connectivity index (χ3n) is 5.89. The first kappa shape index (κ1) is 25.4. The second-order valence-corrected chi connectivity index (χ2v) is 9.28. The number of benzene rings is 3. The molecule has 0 aliphatic heterocycles. The first-order chi connectivity index (χ1) is 17.5. The largest absolute Gasteiger partial charge is 0.496 e. The summed E-state index contributed by atoms with van der Waals surface area (Å²) in [4.78, 5) is 12.5. The topological polar surface area (TPSA) is 69.0 Å². The number of rotatable bonds is 11. The molecule has 1 amide bonds. The van der Waals surface area contributed by atoms with E-state index in [1.165, 1.54) is 23.3 Å². The Kier molecular flexibility index (Phi) is 8.73. The number of hydrogen-bond acceptors (Lipinski definition) is 5. The highest BCUT2D eigenvalue weighted by Gasteiger charge is 2.16. The van der Waals surface area contributed by atoms with Crippen LogP contribution in [0.3, 0.4) is 0 Å². The Balaban J connectivity index is 1.41. The van der Waals surface area contributed by atoms with Crippen LogP contribution in [0.2, 0.25) is 0 Å². The maximum atomic E-state index is 13.6. The molecule has 36 heavy (non-hydrogen) atoms. The highest BCUT2D eigenvalue weighted by molar-refractivity contribution is 7.98. The van der Waals surface area contributed by atoms with E-state index in [0.29, 0.717) is 31.6 Å². The lowest BCUT2D eigenvalue weighted by Gasteiger charge is -2.12. The number of carbonyl (C=O) groups excluding carboxylic acids is 1. The average Bonchev–Trinajstić information content (AvgIpc) is 3.30. The second-order valence-electron chi connectivity index (χ2n) is 8.34. The highest BCUT2D eigenvalue weighted by atomic mass is 32.2. The van der Waals surface area contributed by atoms with Crippen molar-refractivity contribution in [2.45, 2.75) is 37.1 Å². The van der Waals surface area contributed by atoms with Crippen LogP contribution in [-0.2, 0) is 23.4 Å². The Morgan fingerprint density at radius 1 is 0.972 bits per heavy atom. The zero-order chi connectivity index (χ0) is 25.3. The van der Waals surface area contributed by atoms with Crippen molar-refractivity contribution in [2.24, 2.45) is 0 Å². The van der Waals surface area contributed by atoms with Crippen LogP contribution >= 0.6 is 11.8 Å². The predicted octanol–water partition coefficient (Wildman–Crippen LogP) is 5.31. The third-order valence-corrected chi connectivity index (χ3v) is 6.87.